The number of benzene rings is 2. The maximum absolute atomic E-state index is 12.7. The maximum atomic E-state index is 12.7. The highest BCUT2D eigenvalue weighted by molar-refractivity contribution is 7.98. The van der Waals surface area contributed by atoms with Gasteiger partial charge in [-0.1, -0.05) is 11.6 Å². The molecular formula is C18H21ClN2O3S2. The van der Waals surface area contributed by atoms with Gasteiger partial charge in [-0.05, 0) is 61.6 Å². The van der Waals surface area contributed by atoms with E-state index in [9.17, 15) is 13.2 Å². The van der Waals surface area contributed by atoms with Crippen molar-refractivity contribution >= 4 is 45.0 Å². The molecule has 1 amide bonds. The van der Waals surface area contributed by atoms with E-state index in [-0.39, 0.29) is 10.8 Å². The largest absolute Gasteiger partial charge is 0.322 e. The van der Waals surface area contributed by atoms with E-state index in [2.05, 4.69) is 5.32 Å². The number of hydrogen-bond acceptors (Lipinski definition) is 4. The third-order valence-electron chi connectivity index (χ3n) is 4.09. The number of rotatable bonds is 5. The van der Waals surface area contributed by atoms with Crippen LogP contribution in [0.25, 0.3) is 0 Å². The number of hydrogen-bond donors (Lipinski definition) is 1. The number of carbonyl (C=O) groups is 1. The molecule has 0 fully saturated rings. The molecule has 0 aliphatic carbocycles. The molecule has 2 aromatic carbocycles. The van der Waals surface area contributed by atoms with Gasteiger partial charge >= 0.3 is 0 Å². The third kappa shape index (κ3) is 4.23. The van der Waals surface area contributed by atoms with Gasteiger partial charge in [-0.15, -0.1) is 11.8 Å². The van der Waals surface area contributed by atoms with Gasteiger partial charge in [0, 0.05) is 24.7 Å². The Morgan fingerprint density at radius 3 is 2.38 bits per heavy atom. The fraction of sp³-hybridized carbons (Fsp3) is 0.278. The van der Waals surface area contributed by atoms with Gasteiger partial charge in [-0.2, -0.15) is 0 Å². The molecule has 0 radical (unpaired) electrons. The van der Waals surface area contributed by atoms with E-state index < -0.39 is 10.0 Å². The lowest BCUT2D eigenvalue weighted by atomic mass is 10.1. The minimum atomic E-state index is -3.61. The van der Waals surface area contributed by atoms with Crippen LogP contribution in [0.15, 0.2) is 40.1 Å². The second-order valence-corrected chi connectivity index (χ2v) is 9.44. The summed E-state index contributed by atoms with van der Waals surface area (Å²) in [5.41, 5.74) is 2.36. The van der Waals surface area contributed by atoms with E-state index in [1.165, 1.54) is 31.9 Å². The number of thioether (sulfide) groups is 1. The van der Waals surface area contributed by atoms with E-state index in [0.29, 0.717) is 16.3 Å². The summed E-state index contributed by atoms with van der Waals surface area (Å²) in [4.78, 5) is 13.7. The first-order valence-electron chi connectivity index (χ1n) is 7.76. The number of amides is 1. The second kappa shape index (κ2) is 8.00. The molecule has 0 aliphatic heterocycles. The van der Waals surface area contributed by atoms with Gasteiger partial charge < -0.3 is 5.32 Å². The van der Waals surface area contributed by atoms with Crippen molar-refractivity contribution in [2.75, 3.05) is 25.7 Å². The van der Waals surface area contributed by atoms with Crippen LogP contribution in [0, 0.1) is 13.8 Å². The van der Waals surface area contributed by atoms with Crippen molar-refractivity contribution in [3.63, 3.8) is 0 Å². The van der Waals surface area contributed by atoms with E-state index in [1.54, 1.807) is 25.1 Å². The first-order valence-corrected chi connectivity index (χ1v) is 10.8. The first-order chi connectivity index (χ1) is 12.1. The van der Waals surface area contributed by atoms with Crippen molar-refractivity contribution in [3.8, 4) is 0 Å². The van der Waals surface area contributed by atoms with Crippen LogP contribution in [0.3, 0.4) is 0 Å². The van der Waals surface area contributed by atoms with Crippen LogP contribution in [0.2, 0.25) is 5.02 Å². The van der Waals surface area contributed by atoms with E-state index in [4.69, 9.17) is 11.6 Å². The quantitative estimate of drug-likeness (QED) is 0.748. The molecule has 0 heterocycles. The average molecular weight is 413 g/mol. The molecule has 0 spiro atoms. The molecule has 0 aromatic heterocycles. The maximum Gasteiger partial charge on any atom is 0.257 e. The molecule has 140 valence electrons. The molecule has 26 heavy (non-hydrogen) atoms. The lowest BCUT2D eigenvalue weighted by Crippen LogP contribution is -2.23. The highest BCUT2D eigenvalue weighted by atomic mass is 35.5. The molecule has 5 nitrogen and oxygen atoms in total. The first kappa shape index (κ1) is 20.8. The predicted octanol–water partition coefficient (Wildman–Crippen LogP) is 4.18. The van der Waals surface area contributed by atoms with Crippen molar-refractivity contribution < 1.29 is 13.2 Å². The Morgan fingerprint density at radius 1 is 1.15 bits per heavy atom. The molecule has 0 unspecified atom stereocenters. The van der Waals surface area contributed by atoms with Crippen molar-refractivity contribution in [1.82, 2.24) is 4.31 Å². The number of sulfonamides is 1. The topological polar surface area (TPSA) is 66.5 Å². The van der Waals surface area contributed by atoms with Crippen molar-refractivity contribution in [3.05, 3.63) is 52.0 Å². The van der Waals surface area contributed by atoms with Crippen LogP contribution < -0.4 is 5.32 Å². The fourth-order valence-electron chi connectivity index (χ4n) is 2.31. The Hall–Kier alpha value is -1.54. The van der Waals surface area contributed by atoms with E-state index in [0.717, 1.165) is 20.3 Å². The van der Waals surface area contributed by atoms with Gasteiger partial charge in [0.15, 0.2) is 0 Å². The predicted molar refractivity (Wildman–Crippen MR) is 108 cm³/mol. The smallest absolute Gasteiger partial charge is 0.257 e. The summed E-state index contributed by atoms with van der Waals surface area (Å²) < 4.78 is 26.0. The van der Waals surface area contributed by atoms with Gasteiger partial charge in [0.2, 0.25) is 10.0 Å². The zero-order chi connectivity index (χ0) is 19.6. The normalized spacial score (nSPS) is 11.7. The number of aryl methyl sites for hydroxylation is 1. The van der Waals surface area contributed by atoms with Crippen LogP contribution in [0.5, 0.6) is 0 Å². The van der Waals surface area contributed by atoms with E-state index >= 15 is 0 Å². The van der Waals surface area contributed by atoms with Crippen molar-refractivity contribution in [1.29, 1.82) is 0 Å². The Balaban J connectivity index is 2.47. The van der Waals surface area contributed by atoms with Gasteiger partial charge in [-0.3, -0.25) is 4.79 Å². The standard InChI is InChI=1S/C18H21ClN2O3S2/c1-11-8-14(26(23,24)21(3)4)10-17(12(11)2)20-18(22)15-9-13(25-5)6-7-16(15)19/h6-10H,1-5H3,(H,20,22). The minimum Gasteiger partial charge on any atom is -0.322 e. The molecule has 0 atom stereocenters. The summed E-state index contributed by atoms with van der Waals surface area (Å²) >= 11 is 7.66. The summed E-state index contributed by atoms with van der Waals surface area (Å²) in [7, 11) is -0.668. The molecule has 2 aromatic rings. The second-order valence-electron chi connectivity index (χ2n) is 6.00. The van der Waals surface area contributed by atoms with Crippen LogP contribution in [0.1, 0.15) is 21.5 Å². The minimum absolute atomic E-state index is 0.130. The fourth-order valence-corrected chi connectivity index (χ4v) is 3.97. The summed E-state index contributed by atoms with van der Waals surface area (Å²) in [6.45, 7) is 3.64. The molecular weight excluding hydrogens is 392 g/mol. The van der Waals surface area contributed by atoms with Gasteiger partial charge in [-0.25, -0.2) is 12.7 Å². The number of anilines is 1. The molecule has 0 bridgehead atoms. The zero-order valence-corrected chi connectivity index (χ0v) is 17.6. The van der Waals surface area contributed by atoms with Gasteiger partial charge in [0.05, 0.1) is 15.5 Å². The summed E-state index contributed by atoms with van der Waals surface area (Å²) in [5, 5.41) is 3.13. The number of nitrogens with one attached hydrogen (secondary N) is 1. The van der Waals surface area contributed by atoms with E-state index in [1.807, 2.05) is 19.2 Å². The van der Waals surface area contributed by atoms with Crippen molar-refractivity contribution in [2.24, 2.45) is 0 Å². The van der Waals surface area contributed by atoms with Crippen LogP contribution in [-0.4, -0.2) is 39.0 Å². The highest BCUT2D eigenvalue weighted by Gasteiger charge is 2.21. The lowest BCUT2D eigenvalue weighted by molar-refractivity contribution is 0.102. The Bertz CT molecular complexity index is 957. The third-order valence-corrected chi connectivity index (χ3v) is 6.93. The molecule has 2 rings (SSSR count). The SMILES string of the molecule is CSc1ccc(Cl)c(C(=O)Nc2cc(S(=O)(=O)N(C)C)cc(C)c2C)c1. The zero-order valence-electron chi connectivity index (χ0n) is 15.3. The molecule has 0 saturated carbocycles. The number of halogens is 1. The van der Waals surface area contributed by atoms with Gasteiger partial charge in [0.1, 0.15) is 0 Å². The Labute approximate surface area is 163 Å². The monoisotopic (exact) mass is 412 g/mol. The number of carbonyl (C=O) groups excluding carboxylic acids is 1. The molecule has 0 saturated heterocycles. The summed E-state index contributed by atoms with van der Waals surface area (Å²) in [5.74, 6) is -0.382. The Kier molecular flexibility index (Phi) is 6.39. The average Bonchev–Trinajstić information content (AvgIpc) is 2.58. The highest BCUT2D eigenvalue weighted by Crippen LogP contribution is 2.28. The molecule has 0 aliphatic rings. The molecule has 8 heteroatoms. The van der Waals surface area contributed by atoms with Crippen LogP contribution in [-0.2, 0) is 10.0 Å². The van der Waals surface area contributed by atoms with Gasteiger partial charge in [0.25, 0.3) is 5.91 Å². The lowest BCUT2D eigenvalue weighted by Gasteiger charge is -2.17. The van der Waals surface area contributed by atoms with Crippen molar-refractivity contribution in [2.45, 2.75) is 23.6 Å². The summed E-state index contributed by atoms with van der Waals surface area (Å²) in [6.07, 6.45) is 1.91. The summed E-state index contributed by atoms with van der Waals surface area (Å²) in [6, 6.07) is 8.30. The molecule has 1 N–H and O–H groups in total. The van der Waals surface area contributed by atoms with Crippen LogP contribution >= 0.6 is 23.4 Å². The van der Waals surface area contributed by atoms with Crippen LogP contribution in [0.4, 0.5) is 5.69 Å². The Morgan fingerprint density at radius 2 is 1.81 bits per heavy atom. The number of nitrogens with zero attached hydrogens (tertiary/aromatic N) is 1.